The van der Waals surface area contributed by atoms with E-state index in [1.54, 1.807) is 20.4 Å². The van der Waals surface area contributed by atoms with E-state index in [1.165, 1.54) is 0 Å². The van der Waals surface area contributed by atoms with E-state index in [1.807, 2.05) is 36.4 Å². The molecule has 0 amide bonds. The van der Waals surface area contributed by atoms with E-state index in [0.29, 0.717) is 31.1 Å². The summed E-state index contributed by atoms with van der Waals surface area (Å²) in [7, 11) is 3.40. The second-order valence-corrected chi connectivity index (χ2v) is 5.53. The maximum absolute atomic E-state index is 5.28. The number of hydrogen-bond donors (Lipinski definition) is 3. The van der Waals surface area contributed by atoms with Gasteiger partial charge < -0.3 is 19.8 Å². The van der Waals surface area contributed by atoms with Crippen molar-refractivity contribution < 1.29 is 9.15 Å². The van der Waals surface area contributed by atoms with Crippen molar-refractivity contribution in [3.05, 3.63) is 54.0 Å². The zero-order valence-electron chi connectivity index (χ0n) is 14.8. The number of aliphatic imine (C=N–C) groups is 1. The molecule has 0 radical (unpaired) electrons. The number of rotatable bonds is 7. The van der Waals surface area contributed by atoms with Gasteiger partial charge >= 0.3 is 0 Å². The van der Waals surface area contributed by atoms with Crippen LogP contribution in [0.3, 0.4) is 0 Å². The normalized spacial score (nSPS) is 11.4. The van der Waals surface area contributed by atoms with Crippen molar-refractivity contribution in [1.29, 1.82) is 0 Å². The van der Waals surface area contributed by atoms with Gasteiger partial charge in [-0.2, -0.15) is 5.10 Å². The standard InChI is InChI=1S/C18H22N6O2/c1-19-18(21-12-13-5-7-14(25-2)8-6-13)20-10-9-16-22-17(24-23-16)15-4-3-11-26-15/h3-8,11H,9-10,12H2,1-2H3,(H2,19,20,21)(H,22,23,24). The molecule has 0 saturated heterocycles. The zero-order chi connectivity index (χ0) is 18.2. The number of benzene rings is 1. The highest BCUT2D eigenvalue weighted by molar-refractivity contribution is 5.79. The summed E-state index contributed by atoms with van der Waals surface area (Å²) in [6.07, 6.45) is 2.29. The Hall–Kier alpha value is -3.29. The fourth-order valence-electron chi connectivity index (χ4n) is 2.37. The molecule has 0 spiro atoms. The second-order valence-electron chi connectivity index (χ2n) is 5.53. The smallest absolute Gasteiger partial charge is 0.216 e. The van der Waals surface area contributed by atoms with E-state index in [-0.39, 0.29) is 0 Å². The molecule has 0 aliphatic heterocycles. The summed E-state index contributed by atoms with van der Waals surface area (Å²) in [5.41, 5.74) is 1.15. The first-order valence-corrected chi connectivity index (χ1v) is 8.31. The predicted octanol–water partition coefficient (Wildman–Crippen LogP) is 1.98. The van der Waals surface area contributed by atoms with Crippen LogP contribution in [0.25, 0.3) is 11.6 Å². The molecule has 0 aliphatic rings. The Morgan fingerprint density at radius 2 is 2.08 bits per heavy atom. The lowest BCUT2D eigenvalue weighted by Crippen LogP contribution is -2.37. The quantitative estimate of drug-likeness (QED) is 0.443. The number of aromatic amines is 1. The van der Waals surface area contributed by atoms with Gasteiger partial charge in [0, 0.05) is 26.6 Å². The number of guanidine groups is 1. The molecule has 8 heteroatoms. The van der Waals surface area contributed by atoms with Crippen molar-refractivity contribution in [2.24, 2.45) is 4.99 Å². The summed E-state index contributed by atoms with van der Waals surface area (Å²) in [5, 5.41) is 13.6. The van der Waals surface area contributed by atoms with E-state index in [9.17, 15) is 0 Å². The predicted molar refractivity (Wildman–Crippen MR) is 99.0 cm³/mol. The number of H-pyrrole nitrogens is 1. The van der Waals surface area contributed by atoms with Gasteiger partial charge in [0.25, 0.3) is 0 Å². The van der Waals surface area contributed by atoms with Gasteiger partial charge in [-0.15, -0.1) is 0 Å². The number of ether oxygens (including phenoxy) is 1. The number of aromatic nitrogens is 3. The highest BCUT2D eigenvalue weighted by atomic mass is 16.5. The molecule has 8 nitrogen and oxygen atoms in total. The third kappa shape index (κ3) is 4.62. The minimum Gasteiger partial charge on any atom is -0.497 e. The Kier molecular flexibility index (Phi) is 5.87. The number of nitrogens with one attached hydrogen (secondary N) is 3. The summed E-state index contributed by atoms with van der Waals surface area (Å²) in [5.74, 6) is 3.57. The van der Waals surface area contributed by atoms with Crippen LogP contribution in [-0.4, -0.2) is 41.8 Å². The summed E-state index contributed by atoms with van der Waals surface area (Å²) in [6, 6.07) is 11.6. The molecular formula is C18H22N6O2. The molecule has 2 heterocycles. The lowest BCUT2D eigenvalue weighted by molar-refractivity contribution is 0.414. The van der Waals surface area contributed by atoms with E-state index in [2.05, 4.69) is 30.8 Å². The molecule has 1 aromatic carbocycles. The Balaban J connectivity index is 1.44. The molecule has 0 unspecified atom stereocenters. The molecule has 2 aromatic heterocycles. The van der Waals surface area contributed by atoms with Crippen LogP contribution in [0.1, 0.15) is 11.4 Å². The van der Waals surface area contributed by atoms with Gasteiger partial charge in [0.15, 0.2) is 11.7 Å². The molecule has 0 atom stereocenters. The van der Waals surface area contributed by atoms with Crippen molar-refractivity contribution in [2.75, 3.05) is 20.7 Å². The molecule has 3 N–H and O–H groups in total. The highest BCUT2D eigenvalue weighted by Crippen LogP contribution is 2.14. The molecule has 0 saturated carbocycles. The fourth-order valence-corrected chi connectivity index (χ4v) is 2.37. The van der Waals surface area contributed by atoms with Gasteiger partial charge in [-0.25, -0.2) is 4.98 Å². The van der Waals surface area contributed by atoms with E-state index < -0.39 is 0 Å². The van der Waals surface area contributed by atoms with E-state index in [4.69, 9.17) is 9.15 Å². The first kappa shape index (κ1) is 17.5. The number of methoxy groups -OCH3 is 1. The minimum absolute atomic E-state index is 0.562. The summed E-state index contributed by atoms with van der Waals surface area (Å²) >= 11 is 0. The van der Waals surface area contributed by atoms with Crippen LogP contribution >= 0.6 is 0 Å². The van der Waals surface area contributed by atoms with Crippen LogP contribution in [-0.2, 0) is 13.0 Å². The minimum atomic E-state index is 0.562. The van der Waals surface area contributed by atoms with Gasteiger partial charge in [-0.3, -0.25) is 10.1 Å². The van der Waals surface area contributed by atoms with Crippen LogP contribution in [0.15, 0.2) is 52.1 Å². The van der Waals surface area contributed by atoms with E-state index >= 15 is 0 Å². The summed E-state index contributed by atoms with van der Waals surface area (Å²) in [6.45, 7) is 1.35. The molecular weight excluding hydrogens is 332 g/mol. The average Bonchev–Trinajstić information content (AvgIpc) is 3.36. The molecule has 3 rings (SSSR count). The van der Waals surface area contributed by atoms with E-state index in [0.717, 1.165) is 23.1 Å². The van der Waals surface area contributed by atoms with Gasteiger partial charge in [0.2, 0.25) is 5.82 Å². The van der Waals surface area contributed by atoms with Crippen LogP contribution in [0.2, 0.25) is 0 Å². The lowest BCUT2D eigenvalue weighted by Gasteiger charge is -2.11. The largest absolute Gasteiger partial charge is 0.497 e. The van der Waals surface area contributed by atoms with Crippen LogP contribution < -0.4 is 15.4 Å². The first-order valence-electron chi connectivity index (χ1n) is 8.31. The topological polar surface area (TPSA) is 100 Å². The molecule has 136 valence electrons. The Bertz CT molecular complexity index is 824. The van der Waals surface area contributed by atoms with Crippen LogP contribution in [0, 0.1) is 0 Å². The monoisotopic (exact) mass is 354 g/mol. The molecule has 0 bridgehead atoms. The number of hydrogen-bond acceptors (Lipinski definition) is 5. The van der Waals surface area contributed by atoms with Gasteiger partial charge in [-0.1, -0.05) is 12.1 Å². The molecule has 3 aromatic rings. The van der Waals surface area contributed by atoms with Crippen LogP contribution in [0.4, 0.5) is 0 Å². The SMILES string of the molecule is CN=C(NCCc1nc(-c2ccco2)n[nH]1)NCc1ccc(OC)cc1. The van der Waals surface area contributed by atoms with Crippen LogP contribution in [0.5, 0.6) is 5.75 Å². The van der Waals surface area contributed by atoms with Gasteiger partial charge in [0.1, 0.15) is 11.6 Å². The highest BCUT2D eigenvalue weighted by Gasteiger charge is 2.08. The van der Waals surface area contributed by atoms with Crippen molar-refractivity contribution in [2.45, 2.75) is 13.0 Å². The zero-order valence-corrected chi connectivity index (χ0v) is 14.8. The first-order chi connectivity index (χ1) is 12.8. The third-order valence-electron chi connectivity index (χ3n) is 3.77. The molecule has 0 aliphatic carbocycles. The maximum Gasteiger partial charge on any atom is 0.216 e. The van der Waals surface area contributed by atoms with Gasteiger partial charge in [0.05, 0.1) is 13.4 Å². The fraction of sp³-hybridized carbons (Fsp3) is 0.278. The summed E-state index contributed by atoms with van der Waals surface area (Å²) < 4.78 is 10.4. The summed E-state index contributed by atoms with van der Waals surface area (Å²) in [4.78, 5) is 8.64. The molecule has 26 heavy (non-hydrogen) atoms. The van der Waals surface area contributed by atoms with Crippen molar-refractivity contribution in [3.63, 3.8) is 0 Å². The van der Waals surface area contributed by atoms with Crippen molar-refractivity contribution in [3.8, 4) is 17.3 Å². The van der Waals surface area contributed by atoms with Gasteiger partial charge in [-0.05, 0) is 29.8 Å². The number of furan rings is 1. The Labute approximate surface area is 151 Å². The van der Waals surface area contributed by atoms with Crippen molar-refractivity contribution >= 4 is 5.96 Å². The number of nitrogens with zero attached hydrogens (tertiary/aromatic N) is 3. The maximum atomic E-state index is 5.28. The Morgan fingerprint density at radius 1 is 1.23 bits per heavy atom. The lowest BCUT2D eigenvalue weighted by atomic mass is 10.2. The Morgan fingerprint density at radius 3 is 2.77 bits per heavy atom. The second kappa shape index (κ2) is 8.70. The average molecular weight is 354 g/mol. The van der Waals surface area contributed by atoms with Crippen molar-refractivity contribution in [1.82, 2.24) is 25.8 Å². The molecule has 0 fully saturated rings. The third-order valence-corrected chi connectivity index (χ3v) is 3.77.